The largest absolute Gasteiger partial charge is 0.278 e. The number of benzene rings is 2. The van der Waals surface area contributed by atoms with Crippen LogP contribution in [0, 0.1) is 3.70 Å². The first-order valence-electron chi connectivity index (χ1n) is 7.52. The average Bonchev–Trinajstić information content (AvgIpc) is 3.20. The number of nitrogens with zero attached hydrogens (tertiary/aromatic N) is 2. The molecule has 4 rings (SSSR count). The van der Waals surface area contributed by atoms with E-state index in [4.69, 9.17) is 0 Å². The quantitative estimate of drug-likeness (QED) is 0.393. The van der Waals surface area contributed by atoms with Gasteiger partial charge in [0, 0.05) is 23.3 Å². The number of sulfone groups is 2. The number of nitrogens with one attached hydrogen (secondary N) is 2. The maximum absolute atomic E-state index is 11.3. The number of fused-ring (bicyclic) bond motifs is 2. The van der Waals surface area contributed by atoms with Crippen molar-refractivity contribution in [2.45, 2.75) is 9.79 Å². The molecule has 11 heteroatoms. The van der Waals surface area contributed by atoms with Crippen molar-refractivity contribution in [2.24, 2.45) is 0 Å². The van der Waals surface area contributed by atoms with Gasteiger partial charge in [0.2, 0.25) is 0 Å². The third kappa shape index (κ3) is 4.47. The summed E-state index contributed by atoms with van der Waals surface area (Å²) in [5, 5.41) is 15.0. The molecule has 4 aromatic rings. The van der Waals surface area contributed by atoms with Gasteiger partial charge in [-0.25, -0.2) is 16.8 Å². The highest BCUT2D eigenvalue weighted by Crippen LogP contribution is 2.21. The minimum absolute atomic E-state index is 0.321. The number of hydrogen-bond donors (Lipinski definition) is 2. The van der Waals surface area contributed by atoms with E-state index in [1.54, 1.807) is 42.6 Å². The highest BCUT2D eigenvalue weighted by atomic mass is 127. The molecule has 0 aliphatic rings. The smallest absolute Gasteiger partial charge is 0.175 e. The van der Waals surface area contributed by atoms with Crippen molar-refractivity contribution in [3.63, 3.8) is 0 Å². The monoisotopic (exact) mass is 518 g/mol. The van der Waals surface area contributed by atoms with E-state index in [1.165, 1.54) is 12.5 Å². The Morgan fingerprint density at radius 3 is 2.19 bits per heavy atom. The molecule has 0 saturated carbocycles. The Labute approximate surface area is 169 Å². The predicted octanol–water partition coefficient (Wildman–Crippen LogP) is 2.54. The van der Waals surface area contributed by atoms with E-state index >= 15 is 0 Å². The van der Waals surface area contributed by atoms with Crippen LogP contribution < -0.4 is 0 Å². The van der Waals surface area contributed by atoms with Gasteiger partial charge in [0.25, 0.3) is 0 Å². The van der Waals surface area contributed by atoms with Crippen molar-refractivity contribution in [1.29, 1.82) is 0 Å². The van der Waals surface area contributed by atoms with Gasteiger partial charge in [0.15, 0.2) is 19.7 Å². The Morgan fingerprint density at radius 1 is 0.889 bits per heavy atom. The van der Waals surface area contributed by atoms with Gasteiger partial charge in [-0.05, 0) is 59.0 Å². The van der Waals surface area contributed by atoms with Crippen LogP contribution in [0.25, 0.3) is 21.8 Å². The van der Waals surface area contributed by atoms with Gasteiger partial charge in [-0.2, -0.15) is 10.2 Å². The van der Waals surface area contributed by atoms with Crippen LogP contribution >= 0.6 is 22.6 Å². The summed E-state index contributed by atoms with van der Waals surface area (Å²) in [4.78, 5) is 0.644. The van der Waals surface area contributed by atoms with E-state index in [9.17, 15) is 16.8 Å². The number of halogens is 1. The first kappa shape index (κ1) is 19.8. The van der Waals surface area contributed by atoms with Crippen LogP contribution in [0.3, 0.4) is 0 Å². The van der Waals surface area contributed by atoms with Crippen LogP contribution in [0.2, 0.25) is 0 Å². The Kier molecular flexibility index (Phi) is 5.27. The third-order valence-corrected chi connectivity index (χ3v) is 6.79. The fourth-order valence-electron chi connectivity index (χ4n) is 2.34. The number of aromatic amines is 2. The third-order valence-electron chi connectivity index (χ3n) is 3.75. The van der Waals surface area contributed by atoms with Crippen LogP contribution in [0.5, 0.6) is 0 Å². The van der Waals surface area contributed by atoms with Crippen LogP contribution in [-0.2, 0) is 19.7 Å². The second-order valence-corrected chi connectivity index (χ2v) is 11.0. The number of aromatic nitrogens is 4. The zero-order valence-electron chi connectivity index (χ0n) is 14.3. The lowest BCUT2D eigenvalue weighted by Crippen LogP contribution is -1.96. The molecule has 2 heterocycles. The molecule has 0 radical (unpaired) electrons. The molecule has 0 amide bonds. The molecule has 0 fully saturated rings. The number of hydrogen-bond acceptors (Lipinski definition) is 6. The molecule has 142 valence electrons. The zero-order valence-corrected chi connectivity index (χ0v) is 18.1. The summed E-state index contributed by atoms with van der Waals surface area (Å²) in [6.45, 7) is 0. The average molecular weight is 518 g/mol. The van der Waals surface area contributed by atoms with Gasteiger partial charge < -0.3 is 0 Å². The van der Waals surface area contributed by atoms with Crippen molar-refractivity contribution >= 4 is 64.1 Å². The maximum Gasteiger partial charge on any atom is 0.175 e. The lowest BCUT2D eigenvalue weighted by Gasteiger charge is -1.96. The fourth-order valence-corrected chi connectivity index (χ4v) is 4.20. The minimum atomic E-state index is -3.13. The molecule has 27 heavy (non-hydrogen) atoms. The molecule has 0 atom stereocenters. The van der Waals surface area contributed by atoms with Gasteiger partial charge in [0.1, 0.15) is 3.70 Å². The van der Waals surface area contributed by atoms with Crippen molar-refractivity contribution in [3.8, 4) is 0 Å². The van der Waals surface area contributed by atoms with Crippen LogP contribution in [0.1, 0.15) is 0 Å². The van der Waals surface area contributed by atoms with Crippen molar-refractivity contribution in [1.82, 2.24) is 20.4 Å². The lowest BCUT2D eigenvalue weighted by atomic mass is 10.3. The van der Waals surface area contributed by atoms with Crippen LogP contribution in [0.4, 0.5) is 0 Å². The van der Waals surface area contributed by atoms with Gasteiger partial charge >= 0.3 is 0 Å². The molecule has 0 aliphatic carbocycles. The van der Waals surface area contributed by atoms with Crippen LogP contribution in [-0.4, -0.2) is 49.7 Å². The number of H-pyrrole nitrogens is 2. The predicted molar refractivity (Wildman–Crippen MR) is 111 cm³/mol. The highest BCUT2D eigenvalue weighted by Gasteiger charge is 2.10. The molecule has 0 aliphatic heterocycles. The zero-order chi connectivity index (χ0) is 19.8. The van der Waals surface area contributed by atoms with E-state index in [0.717, 1.165) is 25.5 Å². The Hall–Kier alpha value is -1.99. The normalized spacial score (nSPS) is 12.1. The van der Waals surface area contributed by atoms with E-state index in [2.05, 4.69) is 43.0 Å². The Bertz CT molecular complexity index is 1340. The molecule has 0 unspecified atom stereocenters. The van der Waals surface area contributed by atoms with E-state index < -0.39 is 19.7 Å². The van der Waals surface area contributed by atoms with Gasteiger partial charge in [-0.15, -0.1) is 0 Å². The van der Waals surface area contributed by atoms with E-state index in [-0.39, 0.29) is 0 Å². The summed E-state index contributed by atoms with van der Waals surface area (Å²) in [5.74, 6) is 0. The molecular weight excluding hydrogens is 503 g/mol. The second-order valence-electron chi connectivity index (χ2n) is 5.88. The van der Waals surface area contributed by atoms with Crippen molar-refractivity contribution in [2.75, 3.05) is 12.5 Å². The summed E-state index contributed by atoms with van der Waals surface area (Å²) in [7, 11) is -6.25. The maximum atomic E-state index is 11.3. The first-order chi connectivity index (χ1) is 12.6. The number of rotatable bonds is 2. The van der Waals surface area contributed by atoms with Gasteiger partial charge in [-0.1, -0.05) is 0 Å². The Morgan fingerprint density at radius 2 is 1.52 bits per heavy atom. The standard InChI is InChI=1S/C8H7IN2O2S.C8H8N2O2S/c1-14(12,13)5-2-3-7-6(4-5)8(9)11-10-7;1-13(11,12)7-2-3-8-6(4-7)5-9-10-8/h2-4H,1H3,(H,10,11);2-5H,1H3,(H,9,10). The SMILES string of the molecule is CS(=O)(=O)c1ccc2[nH]ncc2c1.CS(=O)(=O)c1ccc2n[nH]c(I)c2c1. The van der Waals surface area contributed by atoms with Crippen molar-refractivity contribution in [3.05, 3.63) is 46.3 Å². The molecule has 2 aromatic heterocycles. The molecule has 0 bridgehead atoms. The minimum Gasteiger partial charge on any atom is -0.278 e. The van der Waals surface area contributed by atoms with E-state index in [0.29, 0.717) is 9.79 Å². The molecule has 0 spiro atoms. The molecule has 2 aromatic carbocycles. The summed E-state index contributed by atoms with van der Waals surface area (Å²) >= 11 is 2.09. The van der Waals surface area contributed by atoms with Gasteiger partial charge in [0.05, 0.1) is 27.0 Å². The van der Waals surface area contributed by atoms with Crippen molar-refractivity contribution < 1.29 is 16.8 Å². The fraction of sp³-hybridized carbons (Fsp3) is 0.125. The second kappa shape index (κ2) is 7.20. The van der Waals surface area contributed by atoms with Gasteiger partial charge in [-0.3, -0.25) is 10.2 Å². The molecule has 8 nitrogen and oxygen atoms in total. The summed E-state index contributed by atoms with van der Waals surface area (Å²) in [6.07, 6.45) is 3.99. The Balaban J connectivity index is 0.000000156. The summed E-state index contributed by atoms with van der Waals surface area (Å²) in [6, 6.07) is 9.78. The van der Waals surface area contributed by atoms with Crippen LogP contribution in [0.15, 0.2) is 52.4 Å². The molecule has 0 saturated heterocycles. The first-order valence-corrected chi connectivity index (χ1v) is 12.4. The molecular formula is C16H15IN4O4S2. The lowest BCUT2D eigenvalue weighted by molar-refractivity contribution is 0.600. The highest BCUT2D eigenvalue weighted by molar-refractivity contribution is 14.1. The summed E-state index contributed by atoms with van der Waals surface area (Å²) < 4.78 is 45.7. The topological polar surface area (TPSA) is 126 Å². The summed E-state index contributed by atoms with van der Waals surface area (Å²) in [5.41, 5.74) is 1.62. The molecule has 2 N–H and O–H groups in total. The van der Waals surface area contributed by atoms with E-state index in [1.807, 2.05) is 0 Å².